The Morgan fingerprint density at radius 3 is 2.61 bits per heavy atom. The van der Waals surface area contributed by atoms with Crippen molar-refractivity contribution < 1.29 is 9.59 Å². The van der Waals surface area contributed by atoms with E-state index < -0.39 is 0 Å². The number of amides is 2. The maximum atomic E-state index is 12.7. The summed E-state index contributed by atoms with van der Waals surface area (Å²) in [5, 5.41) is 0. The van der Waals surface area contributed by atoms with Crippen molar-refractivity contribution in [1.82, 2.24) is 4.90 Å². The van der Waals surface area contributed by atoms with E-state index in [4.69, 9.17) is 0 Å². The molecule has 1 aromatic carbocycles. The smallest absolute Gasteiger partial charge is 0.228 e. The molecule has 0 N–H and O–H groups in total. The van der Waals surface area contributed by atoms with Gasteiger partial charge in [-0.3, -0.25) is 9.59 Å². The van der Waals surface area contributed by atoms with Crippen LogP contribution in [0.25, 0.3) is 0 Å². The summed E-state index contributed by atoms with van der Waals surface area (Å²) >= 11 is 0. The molecule has 0 spiro atoms. The van der Waals surface area contributed by atoms with Crippen molar-refractivity contribution in [3.8, 4) is 0 Å². The molecule has 2 aliphatic heterocycles. The lowest BCUT2D eigenvalue weighted by Crippen LogP contribution is -2.43. The number of rotatable bonds is 3. The highest BCUT2D eigenvalue weighted by Gasteiger charge is 2.37. The van der Waals surface area contributed by atoms with E-state index in [1.54, 1.807) is 4.90 Å². The zero-order valence-electron chi connectivity index (χ0n) is 14.1. The first-order valence-electron chi connectivity index (χ1n) is 8.76. The van der Waals surface area contributed by atoms with E-state index in [9.17, 15) is 9.59 Å². The first kappa shape index (κ1) is 16.0. The molecule has 0 bridgehead atoms. The molecule has 0 aromatic heterocycles. The third kappa shape index (κ3) is 3.41. The molecule has 2 heterocycles. The number of aryl methyl sites for hydroxylation is 1. The predicted molar refractivity (Wildman–Crippen MR) is 91.3 cm³/mol. The minimum absolute atomic E-state index is 0.0673. The fourth-order valence-corrected chi connectivity index (χ4v) is 3.68. The minimum atomic E-state index is -0.182. The van der Waals surface area contributed by atoms with Crippen LogP contribution in [-0.2, 0) is 16.0 Å². The molecular weight excluding hydrogens is 288 g/mol. The lowest BCUT2D eigenvalue weighted by molar-refractivity contribution is -0.137. The van der Waals surface area contributed by atoms with Crippen molar-refractivity contribution >= 4 is 17.5 Å². The molecule has 2 fully saturated rings. The molecule has 2 aliphatic rings. The zero-order chi connectivity index (χ0) is 16.4. The molecule has 4 heteroatoms. The number of carbonyl (C=O) groups is 2. The highest BCUT2D eigenvalue weighted by Crippen LogP contribution is 2.28. The third-order valence-corrected chi connectivity index (χ3v) is 5.10. The van der Waals surface area contributed by atoms with Gasteiger partial charge in [0.05, 0.1) is 5.92 Å². The van der Waals surface area contributed by atoms with Crippen LogP contribution in [0.4, 0.5) is 5.69 Å². The molecule has 3 rings (SSSR count). The van der Waals surface area contributed by atoms with Gasteiger partial charge in [0.25, 0.3) is 0 Å². The summed E-state index contributed by atoms with van der Waals surface area (Å²) in [4.78, 5) is 28.8. The largest absolute Gasteiger partial charge is 0.342 e. The van der Waals surface area contributed by atoms with E-state index in [0.717, 1.165) is 31.6 Å². The van der Waals surface area contributed by atoms with Gasteiger partial charge in [-0.2, -0.15) is 0 Å². The Labute approximate surface area is 138 Å². The zero-order valence-corrected chi connectivity index (χ0v) is 14.1. The highest BCUT2D eigenvalue weighted by molar-refractivity contribution is 6.00. The van der Waals surface area contributed by atoms with E-state index in [-0.39, 0.29) is 17.7 Å². The van der Waals surface area contributed by atoms with Gasteiger partial charge >= 0.3 is 0 Å². The molecule has 4 nitrogen and oxygen atoms in total. The van der Waals surface area contributed by atoms with Crippen molar-refractivity contribution in [3.63, 3.8) is 0 Å². The molecular formula is C19H26N2O2. The Hall–Kier alpha value is -1.84. The summed E-state index contributed by atoms with van der Waals surface area (Å²) in [5.41, 5.74) is 2.17. The number of likely N-dealkylation sites (tertiary alicyclic amines) is 1. The van der Waals surface area contributed by atoms with E-state index in [1.165, 1.54) is 12.0 Å². The molecule has 0 saturated carbocycles. The number of anilines is 1. The maximum absolute atomic E-state index is 12.7. The number of benzene rings is 1. The van der Waals surface area contributed by atoms with Crippen LogP contribution in [0.15, 0.2) is 24.3 Å². The Morgan fingerprint density at radius 1 is 1.22 bits per heavy atom. The summed E-state index contributed by atoms with van der Waals surface area (Å²) in [6.45, 7) is 6.52. The molecule has 23 heavy (non-hydrogen) atoms. The van der Waals surface area contributed by atoms with Gasteiger partial charge in [0.1, 0.15) is 0 Å². The van der Waals surface area contributed by atoms with Crippen LogP contribution in [0.3, 0.4) is 0 Å². The van der Waals surface area contributed by atoms with Gasteiger partial charge in [-0.05, 0) is 42.9 Å². The Morgan fingerprint density at radius 2 is 1.96 bits per heavy atom. The fraction of sp³-hybridized carbons (Fsp3) is 0.579. The topological polar surface area (TPSA) is 40.6 Å². The van der Waals surface area contributed by atoms with Gasteiger partial charge in [-0.15, -0.1) is 0 Å². The monoisotopic (exact) mass is 314 g/mol. The summed E-state index contributed by atoms with van der Waals surface area (Å²) in [7, 11) is 0. The fourth-order valence-electron chi connectivity index (χ4n) is 3.68. The Balaban J connectivity index is 1.67. The third-order valence-electron chi connectivity index (χ3n) is 5.10. The Kier molecular flexibility index (Phi) is 4.69. The number of hydrogen-bond donors (Lipinski definition) is 0. The second-order valence-electron chi connectivity index (χ2n) is 6.96. The first-order valence-corrected chi connectivity index (χ1v) is 8.76. The average molecular weight is 314 g/mol. The van der Waals surface area contributed by atoms with Crippen LogP contribution in [0.2, 0.25) is 0 Å². The van der Waals surface area contributed by atoms with Gasteiger partial charge in [-0.1, -0.05) is 26.0 Å². The van der Waals surface area contributed by atoms with E-state index in [2.05, 4.69) is 26.0 Å². The van der Waals surface area contributed by atoms with Crippen LogP contribution in [-0.4, -0.2) is 36.3 Å². The minimum Gasteiger partial charge on any atom is -0.342 e. The normalized spacial score (nSPS) is 25.0. The molecule has 124 valence electrons. The SMILES string of the molecule is CCc1ccc(N2C[C@@H](C(=O)N3CCC[C@H](C)C3)CC2=O)cc1. The van der Waals surface area contributed by atoms with Crippen molar-refractivity contribution in [3.05, 3.63) is 29.8 Å². The van der Waals surface area contributed by atoms with Crippen molar-refractivity contribution in [1.29, 1.82) is 0 Å². The summed E-state index contributed by atoms with van der Waals surface area (Å²) in [5.74, 6) is 0.622. The summed E-state index contributed by atoms with van der Waals surface area (Å²) in [6.07, 6.45) is 3.61. The maximum Gasteiger partial charge on any atom is 0.228 e. The predicted octanol–water partition coefficient (Wildman–Crippen LogP) is 2.86. The molecule has 0 radical (unpaired) electrons. The lowest BCUT2D eigenvalue weighted by atomic mass is 9.98. The molecule has 2 saturated heterocycles. The second kappa shape index (κ2) is 6.73. The van der Waals surface area contributed by atoms with E-state index in [1.807, 2.05) is 17.0 Å². The van der Waals surface area contributed by atoms with Gasteiger partial charge in [0.15, 0.2) is 0 Å². The van der Waals surface area contributed by atoms with Crippen LogP contribution >= 0.6 is 0 Å². The highest BCUT2D eigenvalue weighted by atomic mass is 16.2. The van der Waals surface area contributed by atoms with Crippen LogP contribution in [0.1, 0.15) is 38.7 Å². The molecule has 2 atom stereocenters. The molecule has 0 aliphatic carbocycles. The van der Waals surface area contributed by atoms with Crippen molar-refractivity contribution in [2.24, 2.45) is 11.8 Å². The van der Waals surface area contributed by atoms with E-state index in [0.29, 0.717) is 18.9 Å². The van der Waals surface area contributed by atoms with Gasteiger partial charge in [0.2, 0.25) is 11.8 Å². The lowest BCUT2D eigenvalue weighted by Gasteiger charge is -2.32. The first-order chi connectivity index (χ1) is 11.1. The number of carbonyl (C=O) groups excluding carboxylic acids is 2. The number of nitrogens with zero attached hydrogens (tertiary/aromatic N) is 2. The van der Waals surface area contributed by atoms with Crippen molar-refractivity contribution in [2.45, 2.75) is 39.5 Å². The standard InChI is InChI=1S/C19H26N2O2/c1-3-15-6-8-17(9-7-15)21-13-16(11-18(21)22)19(23)20-10-4-5-14(2)12-20/h6-9,14,16H,3-5,10-13H2,1-2H3/t14-,16-/m0/s1. The Bertz CT molecular complexity index is 582. The summed E-state index contributed by atoms with van der Waals surface area (Å²) < 4.78 is 0. The quantitative estimate of drug-likeness (QED) is 0.861. The number of hydrogen-bond acceptors (Lipinski definition) is 2. The van der Waals surface area contributed by atoms with Crippen LogP contribution in [0, 0.1) is 11.8 Å². The van der Waals surface area contributed by atoms with Crippen LogP contribution < -0.4 is 4.90 Å². The van der Waals surface area contributed by atoms with Gasteiger partial charge in [-0.25, -0.2) is 0 Å². The second-order valence-corrected chi connectivity index (χ2v) is 6.96. The average Bonchev–Trinajstić information content (AvgIpc) is 2.96. The molecule has 2 amide bonds. The molecule has 0 unspecified atom stereocenters. The van der Waals surface area contributed by atoms with E-state index >= 15 is 0 Å². The van der Waals surface area contributed by atoms with Gasteiger partial charge < -0.3 is 9.80 Å². The number of piperidine rings is 1. The molecule has 1 aromatic rings. The van der Waals surface area contributed by atoms with Gasteiger partial charge in [0, 0.05) is 31.7 Å². The van der Waals surface area contributed by atoms with Crippen molar-refractivity contribution in [2.75, 3.05) is 24.5 Å². The summed E-state index contributed by atoms with van der Waals surface area (Å²) in [6, 6.07) is 8.10. The van der Waals surface area contributed by atoms with Crippen LogP contribution in [0.5, 0.6) is 0 Å².